The monoisotopic (exact) mass is 683 g/mol. The summed E-state index contributed by atoms with van der Waals surface area (Å²) >= 11 is 2.29. The summed E-state index contributed by atoms with van der Waals surface area (Å²) in [6.45, 7) is 0. The molecule has 1 aromatic heterocycles. The molecule has 0 saturated carbocycles. The number of pyridine rings is 1. The number of nitrogens with one attached hydrogen (secondary N) is 1. The van der Waals surface area contributed by atoms with E-state index in [4.69, 9.17) is 0 Å². The fourth-order valence-corrected chi connectivity index (χ4v) is 3.98. The first kappa shape index (κ1) is 32.6. The van der Waals surface area contributed by atoms with Crippen LogP contribution in [0.25, 0.3) is 0 Å². The van der Waals surface area contributed by atoms with Crippen molar-refractivity contribution >= 4 is 39.1 Å². The molecule has 0 aliphatic carbocycles. The Labute approximate surface area is 233 Å². The normalized spacial score (nSPS) is 12.7. The van der Waals surface area contributed by atoms with Crippen LogP contribution in [0.4, 0.5) is 64.1 Å². The minimum Gasteiger partial charge on any atom is -0.320 e. The van der Waals surface area contributed by atoms with E-state index >= 15 is 4.39 Å². The van der Waals surface area contributed by atoms with Gasteiger partial charge in [0.1, 0.15) is 5.69 Å². The van der Waals surface area contributed by atoms with Gasteiger partial charge in [0.15, 0.2) is 5.82 Å². The fraction of sp³-hybridized carbons (Fsp3) is 0.174. The van der Waals surface area contributed by atoms with Crippen LogP contribution in [0.3, 0.4) is 0 Å². The summed E-state index contributed by atoms with van der Waals surface area (Å²) in [7, 11) is 0. The molecule has 0 spiro atoms. The summed E-state index contributed by atoms with van der Waals surface area (Å²) in [5, 5.41) is 11.2. The van der Waals surface area contributed by atoms with E-state index in [2.05, 4.69) is 20.9 Å². The second-order valence-electron chi connectivity index (χ2n) is 8.11. The first-order valence-electron chi connectivity index (χ1n) is 10.6. The van der Waals surface area contributed by atoms with Gasteiger partial charge in [-0.25, -0.2) is 13.8 Å². The quantitative estimate of drug-likeness (QED) is 0.125. The first-order valence-corrected chi connectivity index (χ1v) is 11.4. The zero-order valence-corrected chi connectivity index (χ0v) is 21.3. The zero-order chi connectivity index (χ0) is 32.0. The number of nitrogens with zero attached hydrogens (tertiary/aromatic N) is 2. The molecule has 0 radical (unpaired) electrons. The highest BCUT2D eigenvalue weighted by atomic mass is 79.9. The van der Waals surface area contributed by atoms with Crippen LogP contribution in [0.2, 0.25) is 0 Å². The maximum Gasteiger partial charge on any atom is 0.435 e. The lowest BCUT2D eigenvalue weighted by Crippen LogP contribution is -2.50. The predicted molar refractivity (Wildman–Crippen MR) is 121 cm³/mol. The van der Waals surface area contributed by atoms with Crippen molar-refractivity contribution in [1.29, 1.82) is 0 Å². The smallest absolute Gasteiger partial charge is 0.320 e. The van der Waals surface area contributed by atoms with Gasteiger partial charge in [0, 0.05) is 16.2 Å². The zero-order valence-electron chi connectivity index (χ0n) is 19.7. The Hall–Kier alpha value is -3.87. The van der Waals surface area contributed by atoms with E-state index in [1.807, 2.05) is 0 Å². The van der Waals surface area contributed by atoms with E-state index in [1.165, 1.54) is 5.32 Å². The SMILES string of the molecule is O=C(Nc1c(Br)cc(C(F)(C(F)(F)F)C(F)(F)F)cc1C(F)(F)F)c1cccc(N(O)C(=O)c2ccc(F)nc2)c1F. The van der Waals surface area contributed by atoms with Gasteiger partial charge in [-0.2, -0.15) is 49.0 Å². The fourth-order valence-electron chi connectivity index (χ4n) is 3.42. The second kappa shape index (κ2) is 11.1. The topological polar surface area (TPSA) is 82.5 Å². The van der Waals surface area contributed by atoms with Crippen LogP contribution in [0, 0.1) is 11.8 Å². The van der Waals surface area contributed by atoms with Gasteiger partial charge in [0.25, 0.3) is 11.8 Å². The lowest BCUT2D eigenvalue weighted by molar-refractivity contribution is -0.348. The number of hydroxylamine groups is 1. The molecule has 2 aromatic carbocycles. The van der Waals surface area contributed by atoms with Crippen molar-refractivity contribution in [2.75, 3.05) is 10.4 Å². The van der Waals surface area contributed by atoms with E-state index in [0.29, 0.717) is 18.3 Å². The van der Waals surface area contributed by atoms with Gasteiger partial charge >= 0.3 is 24.2 Å². The second-order valence-corrected chi connectivity index (χ2v) is 8.97. The van der Waals surface area contributed by atoms with Crippen molar-refractivity contribution in [2.24, 2.45) is 0 Å². The number of alkyl halides is 10. The third-order valence-corrected chi connectivity index (χ3v) is 6.06. The van der Waals surface area contributed by atoms with Gasteiger partial charge < -0.3 is 5.32 Å². The molecule has 0 saturated heterocycles. The molecule has 3 rings (SSSR count). The molecular formula is C23H10BrF12N3O3. The summed E-state index contributed by atoms with van der Waals surface area (Å²) in [4.78, 5) is 28.2. The van der Waals surface area contributed by atoms with Gasteiger partial charge in [-0.1, -0.05) is 6.07 Å². The minimum atomic E-state index is -6.76. The standard InChI is InChI=1S/C23H10BrF12N3O3/c24-13-7-10(20(27,22(31,32)33)23(34,35)36)6-12(21(28,29)30)17(13)38-18(40)11-2-1-3-14(16(11)26)39(42)19(41)9-4-5-15(25)37-8-9/h1-8,42H,(H,38,40). The van der Waals surface area contributed by atoms with Crippen molar-refractivity contribution in [3.05, 3.63) is 87.2 Å². The Morgan fingerprint density at radius 1 is 0.881 bits per heavy atom. The molecule has 19 heteroatoms. The minimum absolute atomic E-state index is 0.302. The maximum absolute atomic E-state index is 15.1. The Bertz CT molecular complexity index is 1510. The van der Waals surface area contributed by atoms with Crippen LogP contribution in [0.15, 0.2) is 53.1 Å². The van der Waals surface area contributed by atoms with E-state index in [0.717, 1.165) is 18.2 Å². The molecule has 0 unspecified atom stereocenters. The molecule has 6 nitrogen and oxygen atoms in total. The maximum atomic E-state index is 15.1. The van der Waals surface area contributed by atoms with Gasteiger partial charge in [0.2, 0.25) is 5.95 Å². The van der Waals surface area contributed by atoms with E-state index in [-0.39, 0.29) is 11.1 Å². The molecule has 0 fully saturated rings. The van der Waals surface area contributed by atoms with Gasteiger partial charge in [-0.3, -0.25) is 14.8 Å². The first-order chi connectivity index (χ1) is 19.1. The van der Waals surface area contributed by atoms with Crippen molar-refractivity contribution in [3.8, 4) is 0 Å². The number of amides is 2. The lowest BCUT2D eigenvalue weighted by Gasteiger charge is -2.31. The summed E-state index contributed by atoms with van der Waals surface area (Å²) in [5.41, 5.74) is -15.4. The van der Waals surface area contributed by atoms with Crippen LogP contribution >= 0.6 is 15.9 Å². The molecule has 0 atom stereocenters. The van der Waals surface area contributed by atoms with Crippen molar-refractivity contribution in [1.82, 2.24) is 4.98 Å². The number of hydrogen-bond donors (Lipinski definition) is 2. The summed E-state index contributed by atoms with van der Waals surface area (Å²) in [6, 6.07) is 2.61. The van der Waals surface area contributed by atoms with Crippen molar-refractivity contribution in [3.63, 3.8) is 0 Å². The van der Waals surface area contributed by atoms with Crippen LogP contribution < -0.4 is 10.4 Å². The highest BCUT2D eigenvalue weighted by molar-refractivity contribution is 9.10. The van der Waals surface area contributed by atoms with E-state index < -0.39 is 91.9 Å². The van der Waals surface area contributed by atoms with E-state index in [1.54, 1.807) is 0 Å². The molecule has 0 bridgehead atoms. The van der Waals surface area contributed by atoms with Gasteiger partial charge in [-0.15, -0.1) is 0 Å². The number of anilines is 2. The molecular weight excluding hydrogens is 674 g/mol. The largest absolute Gasteiger partial charge is 0.435 e. The number of benzene rings is 2. The van der Waals surface area contributed by atoms with Crippen LogP contribution in [0.1, 0.15) is 31.8 Å². The Kier molecular flexibility index (Phi) is 8.61. The average molecular weight is 684 g/mol. The number of halogens is 13. The van der Waals surface area contributed by atoms with Crippen molar-refractivity contribution < 1.29 is 67.5 Å². The molecule has 0 aliphatic heterocycles. The number of hydrogen-bond acceptors (Lipinski definition) is 4. The Balaban J connectivity index is 2.07. The molecule has 1 heterocycles. The third kappa shape index (κ3) is 6.01. The predicted octanol–water partition coefficient (Wildman–Crippen LogP) is 7.72. The highest BCUT2D eigenvalue weighted by Gasteiger charge is 2.73. The average Bonchev–Trinajstić information content (AvgIpc) is 2.86. The Morgan fingerprint density at radius 2 is 1.48 bits per heavy atom. The summed E-state index contributed by atoms with van der Waals surface area (Å²) in [5.74, 6) is -5.96. The van der Waals surface area contributed by atoms with E-state index in [9.17, 15) is 63.1 Å². The molecule has 2 amide bonds. The molecule has 226 valence electrons. The highest BCUT2D eigenvalue weighted by Crippen LogP contribution is 2.55. The summed E-state index contributed by atoms with van der Waals surface area (Å²) in [6.07, 6.45) is -18.7. The van der Waals surface area contributed by atoms with Crippen LogP contribution in [-0.4, -0.2) is 34.4 Å². The number of carbonyl (C=O) groups is 2. The molecule has 3 aromatic rings. The van der Waals surface area contributed by atoms with Crippen molar-refractivity contribution in [2.45, 2.75) is 24.2 Å². The third-order valence-electron chi connectivity index (χ3n) is 5.43. The van der Waals surface area contributed by atoms with Gasteiger partial charge in [-0.05, 0) is 52.3 Å². The molecule has 42 heavy (non-hydrogen) atoms. The van der Waals surface area contributed by atoms with Gasteiger partial charge in [0.05, 0.1) is 22.4 Å². The van der Waals surface area contributed by atoms with Crippen LogP contribution in [-0.2, 0) is 11.8 Å². The molecule has 2 N–H and O–H groups in total. The summed E-state index contributed by atoms with van der Waals surface area (Å²) < 4.78 is 161. The number of carbonyl (C=O) groups excluding carboxylic acids is 2. The number of aromatic nitrogens is 1. The lowest BCUT2D eigenvalue weighted by atomic mass is 9.92. The number of rotatable bonds is 5. The van der Waals surface area contributed by atoms with Crippen LogP contribution in [0.5, 0.6) is 0 Å². The Morgan fingerprint density at radius 3 is 1.98 bits per heavy atom. The molecule has 0 aliphatic rings.